The predicted molar refractivity (Wildman–Crippen MR) is 143 cm³/mol. The van der Waals surface area contributed by atoms with E-state index < -0.39 is 23.9 Å². The normalized spacial score (nSPS) is 19.6. The maximum absolute atomic E-state index is 12.9. The van der Waals surface area contributed by atoms with Gasteiger partial charge >= 0.3 is 11.9 Å². The second kappa shape index (κ2) is 15.7. The Bertz CT molecular complexity index is 1040. The smallest absolute Gasteiger partial charge is 0.331 e. The van der Waals surface area contributed by atoms with Crippen LogP contribution < -0.4 is 14.8 Å². The number of nitrogens with one attached hydrogen (secondary N) is 1. The molecule has 3 rings (SSSR count). The number of pyridine rings is 1. The fourth-order valence-electron chi connectivity index (χ4n) is 3.91. The first kappa shape index (κ1) is 30.8. The summed E-state index contributed by atoms with van der Waals surface area (Å²) in [6, 6.07) is 10.7. The van der Waals surface area contributed by atoms with E-state index in [1.807, 2.05) is 25.1 Å². The number of rotatable bonds is 7. The molecule has 1 N–H and O–H groups in total. The SMILES string of the molecule is COc1ccnc(C(=O)N[C@H]2COCC(CCC(C)C)CC(C)OC2=O)c1OC(C)=O.Cc1ccccc1. The van der Waals surface area contributed by atoms with Crippen molar-refractivity contribution in [2.24, 2.45) is 11.8 Å². The topological polar surface area (TPSA) is 113 Å². The van der Waals surface area contributed by atoms with Crippen molar-refractivity contribution in [1.29, 1.82) is 0 Å². The van der Waals surface area contributed by atoms with E-state index >= 15 is 0 Å². The molecule has 1 aromatic heterocycles. The molecule has 2 unspecified atom stereocenters. The van der Waals surface area contributed by atoms with Crippen LogP contribution in [0, 0.1) is 18.8 Å². The highest BCUT2D eigenvalue weighted by Gasteiger charge is 2.30. The zero-order valence-corrected chi connectivity index (χ0v) is 23.2. The minimum atomic E-state index is -1.02. The Kier molecular flexibility index (Phi) is 12.7. The average Bonchev–Trinajstić information content (AvgIpc) is 2.92. The molecule has 3 atom stereocenters. The van der Waals surface area contributed by atoms with E-state index in [1.54, 1.807) is 0 Å². The fourth-order valence-corrected chi connectivity index (χ4v) is 3.91. The van der Waals surface area contributed by atoms with E-state index in [9.17, 15) is 14.4 Å². The number of carbonyl (C=O) groups is 3. The van der Waals surface area contributed by atoms with Crippen LogP contribution in [0.4, 0.5) is 0 Å². The molecule has 1 fully saturated rings. The van der Waals surface area contributed by atoms with Gasteiger partial charge in [-0.3, -0.25) is 9.59 Å². The largest absolute Gasteiger partial charge is 0.493 e. The Morgan fingerprint density at radius 2 is 1.87 bits per heavy atom. The first-order valence-corrected chi connectivity index (χ1v) is 12.9. The molecule has 9 heteroatoms. The summed E-state index contributed by atoms with van der Waals surface area (Å²) in [5, 5.41) is 2.58. The van der Waals surface area contributed by atoms with Gasteiger partial charge < -0.3 is 24.3 Å². The molecule has 2 aromatic rings. The van der Waals surface area contributed by atoms with Crippen LogP contribution in [0.15, 0.2) is 42.6 Å². The van der Waals surface area contributed by atoms with E-state index in [0.29, 0.717) is 18.9 Å². The van der Waals surface area contributed by atoms with Crippen LogP contribution in [0.3, 0.4) is 0 Å². The first-order valence-electron chi connectivity index (χ1n) is 12.9. The number of ether oxygens (including phenoxy) is 4. The lowest BCUT2D eigenvalue weighted by atomic mass is 9.94. The fraction of sp³-hybridized carbons (Fsp3) is 0.517. The molecule has 0 spiro atoms. The number of amides is 1. The Labute approximate surface area is 225 Å². The number of benzene rings is 1. The summed E-state index contributed by atoms with van der Waals surface area (Å²) in [6.07, 6.45) is 3.80. The molecule has 2 heterocycles. The third-order valence-electron chi connectivity index (χ3n) is 5.85. The third kappa shape index (κ3) is 10.5. The van der Waals surface area contributed by atoms with Gasteiger partial charge in [-0.1, -0.05) is 56.2 Å². The number of hydrogen-bond donors (Lipinski definition) is 1. The van der Waals surface area contributed by atoms with Crippen molar-refractivity contribution in [1.82, 2.24) is 10.3 Å². The molecule has 1 saturated heterocycles. The minimum absolute atomic E-state index is 0.0255. The molecule has 1 aliphatic rings. The van der Waals surface area contributed by atoms with E-state index in [2.05, 4.69) is 43.2 Å². The number of esters is 2. The standard InChI is InChI=1S/C22H32N2O7.C7H8/c1-13(2)6-7-16-10-14(3)30-22(27)17(12-29-11-16)24-21(26)19-20(31-15(4)25)18(28-5)8-9-23-19;1-7-5-3-2-4-6-7/h8-9,13-14,16-17H,6-7,10-12H2,1-5H3,(H,24,26);2-6H,1H3/t14?,16?,17-;/m0./s1. The highest BCUT2D eigenvalue weighted by atomic mass is 16.6. The van der Waals surface area contributed by atoms with Gasteiger partial charge in [0.15, 0.2) is 17.5 Å². The van der Waals surface area contributed by atoms with Gasteiger partial charge in [-0.05, 0) is 38.5 Å². The Balaban J connectivity index is 0.000000624. The average molecular weight is 529 g/mol. The molecule has 1 aromatic carbocycles. The zero-order valence-electron chi connectivity index (χ0n) is 23.2. The molecule has 0 radical (unpaired) electrons. The number of hydrogen-bond acceptors (Lipinski definition) is 8. The molecule has 0 aliphatic carbocycles. The van der Waals surface area contributed by atoms with Crippen molar-refractivity contribution in [3.63, 3.8) is 0 Å². The molecule has 1 aliphatic heterocycles. The summed E-state index contributed by atoms with van der Waals surface area (Å²) < 4.78 is 21.6. The monoisotopic (exact) mass is 528 g/mol. The lowest BCUT2D eigenvalue weighted by Crippen LogP contribution is -2.45. The van der Waals surface area contributed by atoms with Crippen LogP contribution in [-0.4, -0.2) is 55.3 Å². The van der Waals surface area contributed by atoms with Crippen LogP contribution in [0.2, 0.25) is 0 Å². The second-order valence-corrected chi connectivity index (χ2v) is 9.82. The number of aryl methyl sites for hydroxylation is 1. The lowest BCUT2D eigenvalue weighted by Gasteiger charge is -2.20. The van der Waals surface area contributed by atoms with Gasteiger partial charge in [-0.15, -0.1) is 0 Å². The zero-order chi connectivity index (χ0) is 28.1. The van der Waals surface area contributed by atoms with Gasteiger partial charge in [0.25, 0.3) is 5.91 Å². The van der Waals surface area contributed by atoms with Crippen LogP contribution >= 0.6 is 0 Å². The number of aromatic nitrogens is 1. The van der Waals surface area contributed by atoms with Crippen LogP contribution in [0.1, 0.15) is 63.0 Å². The maximum atomic E-state index is 12.9. The second-order valence-electron chi connectivity index (χ2n) is 9.82. The number of methoxy groups -OCH3 is 1. The molecule has 9 nitrogen and oxygen atoms in total. The molecule has 38 heavy (non-hydrogen) atoms. The van der Waals surface area contributed by atoms with E-state index in [1.165, 1.54) is 31.9 Å². The highest BCUT2D eigenvalue weighted by Crippen LogP contribution is 2.30. The van der Waals surface area contributed by atoms with Crippen molar-refractivity contribution >= 4 is 17.8 Å². The van der Waals surface area contributed by atoms with E-state index in [0.717, 1.165) is 12.8 Å². The summed E-state index contributed by atoms with van der Waals surface area (Å²) >= 11 is 0. The summed E-state index contributed by atoms with van der Waals surface area (Å²) in [5.74, 6) is -1.01. The predicted octanol–water partition coefficient (Wildman–Crippen LogP) is 4.51. The van der Waals surface area contributed by atoms with Crippen molar-refractivity contribution < 1.29 is 33.3 Å². The summed E-state index contributed by atoms with van der Waals surface area (Å²) in [4.78, 5) is 40.9. The minimum Gasteiger partial charge on any atom is -0.493 e. The van der Waals surface area contributed by atoms with Crippen molar-refractivity contribution in [2.75, 3.05) is 20.3 Å². The van der Waals surface area contributed by atoms with Gasteiger partial charge in [0.2, 0.25) is 5.75 Å². The van der Waals surface area contributed by atoms with Crippen molar-refractivity contribution in [3.8, 4) is 11.5 Å². The van der Waals surface area contributed by atoms with Crippen LogP contribution in [-0.2, 0) is 19.1 Å². The molecule has 0 bridgehead atoms. The molecule has 1 amide bonds. The number of cyclic esters (lactones) is 1. The van der Waals surface area contributed by atoms with Gasteiger partial charge in [-0.2, -0.15) is 0 Å². The van der Waals surface area contributed by atoms with Gasteiger partial charge in [0.1, 0.15) is 0 Å². The molecular formula is C29H40N2O7. The first-order chi connectivity index (χ1) is 18.1. The van der Waals surface area contributed by atoms with Crippen LogP contribution in [0.5, 0.6) is 11.5 Å². The lowest BCUT2D eigenvalue weighted by molar-refractivity contribution is -0.151. The van der Waals surface area contributed by atoms with Crippen molar-refractivity contribution in [3.05, 3.63) is 53.9 Å². The molecular weight excluding hydrogens is 488 g/mol. The number of carbonyl (C=O) groups excluding carboxylic acids is 3. The summed E-state index contributed by atoms with van der Waals surface area (Å²) in [5.41, 5.74) is 1.15. The van der Waals surface area contributed by atoms with Gasteiger partial charge in [0, 0.05) is 25.8 Å². The Morgan fingerprint density at radius 1 is 1.16 bits per heavy atom. The molecule has 0 saturated carbocycles. The number of nitrogens with zero attached hydrogens (tertiary/aromatic N) is 1. The quantitative estimate of drug-likeness (QED) is 0.522. The Hall–Kier alpha value is -3.46. The van der Waals surface area contributed by atoms with E-state index in [-0.39, 0.29) is 35.8 Å². The highest BCUT2D eigenvalue weighted by molar-refractivity contribution is 5.98. The van der Waals surface area contributed by atoms with Gasteiger partial charge in [-0.25, -0.2) is 9.78 Å². The van der Waals surface area contributed by atoms with Crippen LogP contribution in [0.25, 0.3) is 0 Å². The van der Waals surface area contributed by atoms with E-state index in [4.69, 9.17) is 18.9 Å². The molecule has 208 valence electrons. The third-order valence-corrected chi connectivity index (χ3v) is 5.85. The van der Waals surface area contributed by atoms with Crippen molar-refractivity contribution in [2.45, 2.75) is 66.0 Å². The summed E-state index contributed by atoms with van der Waals surface area (Å²) in [7, 11) is 1.38. The van der Waals surface area contributed by atoms with Gasteiger partial charge in [0.05, 0.1) is 19.8 Å². The summed E-state index contributed by atoms with van der Waals surface area (Å²) in [6.45, 7) is 9.92. The maximum Gasteiger partial charge on any atom is 0.331 e. The Morgan fingerprint density at radius 3 is 2.45 bits per heavy atom.